The van der Waals surface area contributed by atoms with Crippen molar-refractivity contribution in [3.05, 3.63) is 35.5 Å². The Bertz CT molecular complexity index is 636. The monoisotopic (exact) mass is 272 g/mol. The predicted octanol–water partition coefficient (Wildman–Crippen LogP) is 2.75. The third-order valence-corrected chi connectivity index (χ3v) is 3.05. The number of hydrogen-bond donors (Lipinski definition) is 1. The molecule has 0 saturated carbocycles. The van der Waals surface area contributed by atoms with Gasteiger partial charge in [-0.3, -0.25) is 4.79 Å². The van der Waals surface area contributed by atoms with Crippen molar-refractivity contribution in [1.82, 2.24) is 4.98 Å². The van der Waals surface area contributed by atoms with Gasteiger partial charge >= 0.3 is 0 Å². The van der Waals surface area contributed by atoms with Gasteiger partial charge in [0.05, 0.1) is 6.10 Å². The van der Waals surface area contributed by atoms with Gasteiger partial charge in [0.25, 0.3) is 0 Å². The number of nitrogens with zero attached hydrogens (tertiary/aromatic N) is 1. The zero-order valence-corrected chi connectivity index (χ0v) is 12.1. The highest BCUT2D eigenvalue weighted by atomic mass is 16.5. The van der Waals surface area contributed by atoms with E-state index in [-0.39, 0.29) is 12.0 Å². The van der Waals surface area contributed by atoms with Gasteiger partial charge in [0.1, 0.15) is 11.3 Å². The molecular formula is C16H20N2O2. The van der Waals surface area contributed by atoms with Gasteiger partial charge < -0.3 is 10.5 Å². The molecule has 1 amide bonds. The highest BCUT2D eigenvalue weighted by Crippen LogP contribution is 2.27. The number of benzene rings is 1. The maximum atomic E-state index is 10.9. The molecule has 1 aromatic heterocycles. The van der Waals surface area contributed by atoms with E-state index in [0.29, 0.717) is 12.8 Å². The number of nitrogens with two attached hydrogens (primary N) is 1. The van der Waals surface area contributed by atoms with Crippen LogP contribution in [0.2, 0.25) is 0 Å². The average Bonchev–Trinajstić information content (AvgIpc) is 2.37. The van der Waals surface area contributed by atoms with Gasteiger partial charge in [-0.05, 0) is 44.9 Å². The SMILES string of the molecule is Cc1cc(CCC(N)=O)nc2c(OC(C)C)cccc12. The average molecular weight is 272 g/mol. The lowest BCUT2D eigenvalue weighted by molar-refractivity contribution is -0.118. The van der Waals surface area contributed by atoms with Crippen molar-refractivity contribution >= 4 is 16.8 Å². The molecule has 0 unspecified atom stereocenters. The number of amides is 1. The molecule has 0 radical (unpaired) electrons. The maximum absolute atomic E-state index is 10.9. The van der Waals surface area contributed by atoms with Crippen LogP contribution in [-0.2, 0) is 11.2 Å². The van der Waals surface area contributed by atoms with Crippen molar-refractivity contribution in [3.8, 4) is 5.75 Å². The predicted molar refractivity (Wildman–Crippen MR) is 79.8 cm³/mol. The van der Waals surface area contributed by atoms with Crippen LogP contribution in [0.15, 0.2) is 24.3 Å². The van der Waals surface area contributed by atoms with Gasteiger partial charge in [-0.1, -0.05) is 12.1 Å². The Kier molecular flexibility index (Phi) is 4.23. The molecule has 4 heteroatoms. The first-order valence-electron chi connectivity index (χ1n) is 6.81. The molecule has 0 saturated heterocycles. The van der Waals surface area contributed by atoms with Crippen molar-refractivity contribution < 1.29 is 9.53 Å². The third-order valence-electron chi connectivity index (χ3n) is 3.05. The Morgan fingerprint density at radius 1 is 1.40 bits per heavy atom. The van der Waals surface area contributed by atoms with Gasteiger partial charge in [-0.25, -0.2) is 4.98 Å². The molecule has 0 fully saturated rings. The number of para-hydroxylation sites is 1. The Hall–Kier alpha value is -2.10. The third kappa shape index (κ3) is 3.26. The number of hydrogen-bond acceptors (Lipinski definition) is 3. The van der Waals surface area contributed by atoms with E-state index < -0.39 is 0 Å². The molecule has 2 aromatic rings. The van der Waals surface area contributed by atoms with Crippen molar-refractivity contribution in [2.45, 2.75) is 39.7 Å². The van der Waals surface area contributed by atoms with Gasteiger partial charge in [-0.2, -0.15) is 0 Å². The lowest BCUT2D eigenvalue weighted by atomic mass is 10.1. The molecule has 2 N–H and O–H groups in total. The van der Waals surface area contributed by atoms with E-state index in [2.05, 4.69) is 4.98 Å². The summed E-state index contributed by atoms with van der Waals surface area (Å²) in [7, 11) is 0. The van der Waals surface area contributed by atoms with E-state index in [0.717, 1.165) is 27.9 Å². The summed E-state index contributed by atoms with van der Waals surface area (Å²) in [6.45, 7) is 6.02. The number of rotatable bonds is 5. The van der Waals surface area contributed by atoms with Crippen molar-refractivity contribution in [2.24, 2.45) is 5.73 Å². The van der Waals surface area contributed by atoms with Gasteiger partial charge in [0, 0.05) is 17.5 Å². The molecule has 20 heavy (non-hydrogen) atoms. The molecule has 2 rings (SSSR count). The van der Waals surface area contributed by atoms with Gasteiger partial charge in [0.2, 0.25) is 5.91 Å². The molecule has 1 heterocycles. The van der Waals surface area contributed by atoms with E-state index in [1.54, 1.807) is 0 Å². The van der Waals surface area contributed by atoms with Crippen molar-refractivity contribution in [3.63, 3.8) is 0 Å². The van der Waals surface area contributed by atoms with Crippen LogP contribution in [0.1, 0.15) is 31.5 Å². The number of carbonyl (C=O) groups excluding carboxylic acids is 1. The highest BCUT2D eigenvalue weighted by molar-refractivity contribution is 5.87. The van der Waals surface area contributed by atoms with Crippen LogP contribution in [0.4, 0.5) is 0 Å². The van der Waals surface area contributed by atoms with Crippen LogP contribution in [0.25, 0.3) is 10.9 Å². The number of fused-ring (bicyclic) bond motifs is 1. The highest BCUT2D eigenvalue weighted by Gasteiger charge is 2.10. The Labute approximate surface area is 119 Å². The minimum absolute atomic E-state index is 0.0944. The minimum Gasteiger partial charge on any atom is -0.489 e. The Morgan fingerprint density at radius 2 is 2.15 bits per heavy atom. The standard InChI is InChI=1S/C16H20N2O2/c1-10(2)20-14-6-4-5-13-11(3)9-12(18-16(13)14)7-8-15(17)19/h4-6,9-10H,7-8H2,1-3H3,(H2,17,19). The number of primary amides is 1. The topological polar surface area (TPSA) is 65.2 Å². The summed E-state index contributed by atoms with van der Waals surface area (Å²) in [5, 5.41) is 1.07. The van der Waals surface area contributed by atoms with Gasteiger partial charge in [0.15, 0.2) is 0 Å². The van der Waals surface area contributed by atoms with E-state index in [1.807, 2.05) is 45.0 Å². The van der Waals surface area contributed by atoms with Crippen molar-refractivity contribution in [1.29, 1.82) is 0 Å². The quantitative estimate of drug-likeness (QED) is 0.910. The summed E-state index contributed by atoms with van der Waals surface area (Å²) in [6.07, 6.45) is 0.963. The lowest BCUT2D eigenvalue weighted by Crippen LogP contribution is -2.12. The Morgan fingerprint density at radius 3 is 2.80 bits per heavy atom. The van der Waals surface area contributed by atoms with Crippen LogP contribution in [0.3, 0.4) is 0 Å². The van der Waals surface area contributed by atoms with E-state index >= 15 is 0 Å². The Balaban J connectivity index is 2.46. The second-order valence-corrected chi connectivity index (χ2v) is 5.22. The van der Waals surface area contributed by atoms with Crippen LogP contribution in [0, 0.1) is 6.92 Å². The smallest absolute Gasteiger partial charge is 0.217 e. The molecule has 0 atom stereocenters. The molecule has 0 spiro atoms. The molecule has 0 bridgehead atoms. The molecule has 1 aromatic carbocycles. The number of aryl methyl sites for hydroxylation is 2. The van der Waals surface area contributed by atoms with Gasteiger partial charge in [-0.15, -0.1) is 0 Å². The number of carbonyl (C=O) groups is 1. The summed E-state index contributed by atoms with van der Waals surface area (Å²) < 4.78 is 5.81. The van der Waals surface area contributed by atoms with Crippen LogP contribution >= 0.6 is 0 Å². The van der Waals surface area contributed by atoms with E-state index in [1.165, 1.54) is 0 Å². The summed E-state index contributed by atoms with van der Waals surface area (Å²) in [4.78, 5) is 15.5. The van der Waals surface area contributed by atoms with Crippen LogP contribution in [0.5, 0.6) is 5.75 Å². The molecule has 0 aliphatic carbocycles. The minimum atomic E-state index is -0.309. The zero-order valence-electron chi connectivity index (χ0n) is 12.1. The zero-order chi connectivity index (χ0) is 14.7. The normalized spacial score (nSPS) is 11.0. The number of pyridine rings is 1. The van der Waals surface area contributed by atoms with Crippen LogP contribution < -0.4 is 10.5 Å². The summed E-state index contributed by atoms with van der Waals surface area (Å²) in [6, 6.07) is 7.93. The first kappa shape index (κ1) is 14.3. The summed E-state index contributed by atoms with van der Waals surface area (Å²) >= 11 is 0. The lowest BCUT2D eigenvalue weighted by Gasteiger charge is -2.13. The molecule has 4 nitrogen and oxygen atoms in total. The largest absolute Gasteiger partial charge is 0.489 e. The van der Waals surface area contributed by atoms with Crippen LogP contribution in [-0.4, -0.2) is 17.0 Å². The summed E-state index contributed by atoms with van der Waals surface area (Å²) in [5.41, 5.74) is 8.04. The van der Waals surface area contributed by atoms with E-state index in [9.17, 15) is 4.79 Å². The fourth-order valence-electron chi connectivity index (χ4n) is 2.19. The molecule has 106 valence electrons. The maximum Gasteiger partial charge on any atom is 0.217 e. The molecule has 0 aliphatic rings. The number of aromatic nitrogens is 1. The molecular weight excluding hydrogens is 252 g/mol. The second kappa shape index (κ2) is 5.90. The first-order chi connectivity index (χ1) is 9.47. The second-order valence-electron chi connectivity index (χ2n) is 5.22. The first-order valence-corrected chi connectivity index (χ1v) is 6.81. The fraction of sp³-hybridized carbons (Fsp3) is 0.375. The number of ether oxygens (including phenoxy) is 1. The van der Waals surface area contributed by atoms with E-state index in [4.69, 9.17) is 10.5 Å². The molecule has 0 aliphatic heterocycles. The fourth-order valence-corrected chi connectivity index (χ4v) is 2.19. The van der Waals surface area contributed by atoms with Crippen molar-refractivity contribution in [2.75, 3.05) is 0 Å². The summed E-state index contributed by atoms with van der Waals surface area (Å²) in [5.74, 6) is 0.470.